The summed E-state index contributed by atoms with van der Waals surface area (Å²) in [5.41, 5.74) is 1.54. The van der Waals surface area contributed by atoms with Crippen LogP contribution in [0.1, 0.15) is 13.8 Å². The number of fused-ring (bicyclic) bond motifs is 1. The molecule has 2 atom stereocenters. The van der Waals surface area contributed by atoms with Gasteiger partial charge in [0.15, 0.2) is 0 Å². The minimum absolute atomic E-state index is 0.142. The summed E-state index contributed by atoms with van der Waals surface area (Å²) in [7, 11) is 0. The summed E-state index contributed by atoms with van der Waals surface area (Å²) in [6.45, 7) is 4.03. The van der Waals surface area contributed by atoms with Gasteiger partial charge in [0.2, 0.25) is 5.91 Å². The number of hydrogen-bond donors (Lipinski definition) is 0. The van der Waals surface area contributed by atoms with E-state index >= 15 is 0 Å². The SMILES string of the molecule is CC1(C)C(=O)N(c2ccncc2)C2=CC=CC(Br)C21. The van der Waals surface area contributed by atoms with Gasteiger partial charge in [-0.15, -0.1) is 0 Å². The lowest BCUT2D eigenvalue weighted by molar-refractivity contribution is -0.125. The second-order valence-electron chi connectivity index (χ2n) is 5.47. The smallest absolute Gasteiger partial charge is 0.237 e. The highest BCUT2D eigenvalue weighted by molar-refractivity contribution is 9.09. The highest BCUT2D eigenvalue weighted by Crippen LogP contribution is 2.50. The maximum atomic E-state index is 12.8. The number of nitrogens with zero attached hydrogens (tertiary/aromatic N) is 2. The van der Waals surface area contributed by atoms with Crippen molar-refractivity contribution < 1.29 is 4.79 Å². The second-order valence-corrected chi connectivity index (χ2v) is 6.52. The van der Waals surface area contributed by atoms with Crippen LogP contribution in [0.4, 0.5) is 5.69 Å². The molecule has 1 aliphatic carbocycles. The number of allylic oxidation sites excluding steroid dienone is 4. The number of anilines is 1. The maximum Gasteiger partial charge on any atom is 0.237 e. The second kappa shape index (κ2) is 4.30. The van der Waals surface area contributed by atoms with Gasteiger partial charge in [0.25, 0.3) is 0 Å². The number of carbonyl (C=O) groups excluding carboxylic acids is 1. The van der Waals surface area contributed by atoms with Gasteiger partial charge in [-0.05, 0) is 18.2 Å². The van der Waals surface area contributed by atoms with Gasteiger partial charge < -0.3 is 0 Å². The number of alkyl halides is 1. The van der Waals surface area contributed by atoms with Crippen molar-refractivity contribution >= 4 is 27.5 Å². The molecule has 1 aromatic rings. The first-order chi connectivity index (χ1) is 9.03. The van der Waals surface area contributed by atoms with Gasteiger partial charge in [-0.2, -0.15) is 0 Å². The topological polar surface area (TPSA) is 33.2 Å². The molecule has 0 saturated carbocycles. The molecule has 19 heavy (non-hydrogen) atoms. The Labute approximate surface area is 121 Å². The Hall–Kier alpha value is -1.42. The first kappa shape index (κ1) is 12.6. The summed E-state index contributed by atoms with van der Waals surface area (Å²) in [6, 6.07) is 3.75. The number of aromatic nitrogens is 1. The standard InChI is InChI=1S/C15H15BrN2O/c1-15(2)13-11(16)4-3-5-12(13)18(14(15)19)10-6-8-17-9-7-10/h3-9,11,13H,1-2H3. The largest absolute Gasteiger partial charge is 0.284 e. The van der Waals surface area contributed by atoms with Crippen LogP contribution in [-0.2, 0) is 4.79 Å². The normalized spacial score (nSPS) is 28.3. The van der Waals surface area contributed by atoms with Gasteiger partial charge in [-0.25, -0.2) is 0 Å². The molecule has 0 N–H and O–H groups in total. The number of rotatable bonds is 1. The van der Waals surface area contributed by atoms with Crippen LogP contribution in [0.5, 0.6) is 0 Å². The van der Waals surface area contributed by atoms with Gasteiger partial charge in [0.1, 0.15) is 0 Å². The molecule has 0 aromatic carbocycles. The lowest BCUT2D eigenvalue weighted by atomic mass is 9.77. The molecule has 0 spiro atoms. The molecule has 1 saturated heterocycles. The third-order valence-corrected chi connectivity index (χ3v) is 4.74. The zero-order valence-corrected chi connectivity index (χ0v) is 12.5. The number of pyridine rings is 1. The summed E-state index contributed by atoms with van der Waals surface area (Å²) >= 11 is 3.68. The van der Waals surface area contributed by atoms with Crippen LogP contribution in [-0.4, -0.2) is 15.7 Å². The van der Waals surface area contributed by atoms with Crippen LogP contribution in [0.25, 0.3) is 0 Å². The van der Waals surface area contributed by atoms with Crippen LogP contribution >= 0.6 is 15.9 Å². The fourth-order valence-electron chi connectivity index (χ4n) is 2.92. The molecule has 2 aliphatic rings. The van der Waals surface area contributed by atoms with E-state index in [1.165, 1.54) is 0 Å². The van der Waals surface area contributed by atoms with E-state index in [-0.39, 0.29) is 16.7 Å². The van der Waals surface area contributed by atoms with Crippen molar-refractivity contribution in [3.8, 4) is 0 Å². The van der Waals surface area contributed by atoms with Crippen molar-refractivity contribution in [1.29, 1.82) is 0 Å². The van der Waals surface area contributed by atoms with Crippen LogP contribution in [0.2, 0.25) is 0 Å². The first-order valence-corrected chi connectivity index (χ1v) is 7.22. The molecule has 98 valence electrons. The monoisotopic (exact) mass is 318 g/mol. The van der Waals surface area contributed by atoms with E-state index in [0.717, 1.165) is 11.4 Å². The third-order valence-electron chi connectivity index (χ3n) is 3.91. The Bertz CT molecular complexity index is 577. The molecule has 4 heteroatoms. The lowest BCUT2D eigenvalue weighted by Crippen LogP contribution is -2.33. The van der Waals surface area contributed by atoms with Crippen LogP contribution in [0, 0.1) is 11.3 Å². The summed E-state index contributed by atoms with van der Waals surface area (Å²) in [5, 5.41) is 0. The van der Waals surface area contributed by atoms with Gasteiger partial charge in [0.05, 0.1) is 11.1 Å². The van der Waals surface area contributed by atoms with E-state index < -0.39 is 5.41 Å². The minimum Gasteiger partial charge on any atom is -0.284 e. The summed E-state index contributed by atoms with van der Waals surface area (Å²) in [4.78, 5) is 18.8. The highest BCUT2D eigenvalue weighted by atomic mass is 79.9. The molecular formula is C15H15BrN2O. The van der Waals surface area contributed by atoms with Crippen molar-refractivity contribution in [1.82, 2.24) is 4.98 Å². The summed E-state index contributed by atoms with van der Waals surface area (Å²) < 4.78 is 0. The van der Waals surface area contributed by atoms with E-state index in [1.807, 2.05) is 43.0 Å². The van der Waals surface area contributed by atoms with E-state index in [0.29, 0.717) is 0 Å². The lowest BCUT2D eigenvalue weighted by Gasteiger charge is -2.28. The quantitative estimate of drug-likeness (QED) is 0.744. The van der Waals surface area contributed by atoms with Crippen molar-refractivity contribution in [3.05, 3.63) is 48.5 Å². The Morgan fingerprint density at radius 3 is 2.68 bits per heavy atom. The zero-order valence-electron chi connectivity index (χ0n) is 10.9. The Morgan fingerprint density at radius 2 is 2.00 bits per heavy atom. The summed E-state index contributed by atoms with van der Waals surface area (Å²) in [5.74, 6) is 0.307. The Kier molecular flexibility index (Phi) is 2.86. The number of halogens is 1. The van der Waals surface area contributed by atoms with Crippen LogP contribution < -0.4 is 4.90 Å². The van der Waals surface area contributed by atoms with Gasteiger partial charge in [0, 0.05) is 28.8 Å². The fraction of sp³-hybridized carbons (Fsp3) is 0.333. The van der Waals surface area contributed by atoms with Crippen molar-refractivity contribution in [3.63, 3.8) is 0 Å². The Balaban J connectivity index is 2.13. The molecule has 3 rings (SSSR count). The molecule has 1 fully saturated rings. The Morgan fingerprint density at radius 1 is 1.32 bits per heavy atom. The van der Waals surface area contributed by atoms with E-state index in [4.69, 9.17) is 0 Å². The molecule has 0 radical (unpaired) electrons. The highest BCUT2D eigenvalue weighted by Gasteiger charge is 2.53. The predicted molar refractivity (Wildman–Crippen MR) is 78.9 cm³/mol. The van der Waals surface area contributed by atoms with Crippen molar-refractivity contribution in [2.24, 2.45) is 11.3 Å². The molecule has 0 bridgehead atoms. The number of carbonyl (C=O) groups is 1. The third kappa shape index (κ3) is 1.77. The minimum atomic E-state index is -0.409. The van der Waals surface area contributed by atoms with Gasteiger partial charge in [-0.1, -0.05) is 41.9 Å². The molecule has 2 unspecified atom stereocenters. The average molecular weight is 319 g/mol. The fourth-order valence-corrected chi connectivity index (χ4v) is 4.03. The van der Waals surface area contributed by atoms with Crippen LogP contribution in [0.3, 0.4) is 0 Å². The van der Waals surface area contributed by atoms with Crippen LogP contribution in [0.15, 0.2) is 48.5 Å². The maximum absolute atomic E-state index is 12.8. The first-order valence-electron chi connectivity index (χ1n) is 6.30. The molecule has 2 heterocycles. The van der Waals surface area contributed by atoms with Crippen molar-refractivity contribution in [2.45, 2.75) is 18.7 Å². The molecular weight excluding hydrogens is 304 g/mol. The molecule has 1 aromatic heterocycles. The van der Waals surface area contributed by atoms with Gasteiger partial charge in [-0.3, -0.25) is 14.7 Å². The predicted octanol–water partition coefficient (Wildman–Crippen LogP) is 3.29. The van der Waals surface area contributed by atoms with Gasteiger partial charge >= 0.3 is 0 Å². The average Bonchev–Trinajstić information content (AvgIpc) is 2.60. The van der Waals surface area contributed by atoms with E-state index in [9.17, 15) is 4.79 Å². The molecule has 1 aliphatic heterocycles. The molecule has 1 amide bonds. The number of hydrogen-bond acceptors (Lipinski definition) is 2. The van der Waals surface area contributed by atoms with E-state index in [2.05, 4.69) is 27.0 Å². The van der Waals surface area contributed by atoms with E-state index in [1.54, 1.807) is 12.4 Å². The summed E-state index contributed by atoms with van der Waals surface area (Å²) in [6.07, 6.45) is 9.57. The molecule has 3 nitrogen and oxygen atoms in total. The zero-order chi connectivity index (χ0) is 13.6. The number of amides is 1. The van der Waals surface area contributed by atoms with Crippen molar-refractivity contribution in [2.75, 3.05) is 4.90 Å².